The predicted molar refractivity (Wildman–Crippen MR) is 110 cm³/mol. The minimum Gasteiger partial charge on any atom is -0.338 e. The van der Waals surface area contributed by atoms with Gasteiger partial charge in [0.05, 0.1) is 5.25 Å². The summed E-state index contributed by atoms with van der Waals surface area (Å²) in [6.45, 7) is 5.72. The molecule has 0 aliphatic carbocycles. The molecular weight excluding hydrogens is 389 g/mol. The van der Waals surface area contributed by atoms with Crippen molar-refractivity contribution < 1.29 is 8.91 Å². The van der Waals surface area contributed by atoms with Crippen molar-refractivity contribution in [3.05, 3.63) is 65.3 Å². The number of aromatic nitrogens is 5. The molecule has 0 spiro atoms. The molecule has 148 valence electrons. The first kappa shape index (κ1) is 19.3. The van der Waals surface area contributed by atoms with Crippen LogP contribution in [0.5, 0.6) is 0 Å². The van der Waals surface area contributed by atoms with Crippen molar-refractivity contribution in [2.24, 2.45) is 7.05 Å². The van der Waals surface area contributed by atoms with Gasteiger partial charge in [-0.15, -0.1) is 10.2 Å². The lowest BCUT2D eigenvalue weighted by Gasteiger charge is -2.08. The topological polar surface area (TPSA) is 69.6 Å². The fourth-order valence-corrected chi connectivity index (χ4v) is 3.78. The zero-order valence-electron chi connectivity index (χ0n) is 16.5. The number of nitrogens with zero attached hydrogens (tertiary/aromatic N) is 5. The quantitative estimate of drug-likeness (QED) is 0.425. The number of benzene rings is 2. The summed E-state index contributed by atoms with van der Waals surface area (Å²) in [5.74, 6) is 1.33. The Kier molecular flexibility index (Phi) is 5.19. The zero-order chi connectivity index (χ0) is 20.5. The first-order valence-electron chi connectivity index (χ1n) is 9.16. The standard InChI is InChI=1S/C21H20FN5OS/c1-12-7-5-6-8-16(12)19-24-25-21(27(19)4)29-14(3)20-23-18(26-28-20)15-10-9-13(2)17(22)11-15/h5-11,14H,1-4H3. The van der Waals surface area contributed by atoms with E-state index in [0.717, 1.165) is 22.1 Å². The fraction of sp³-hybridized carbons (Fsp3) is 0.238. The van der Waals surface area contributed by atoms with E-state index in [0.29, 0.717) is 22.8 Å². The average molecular weight is 409 g/mol. The molecule has 0 fully saturated rings. The predicted octanol–water partition coefficient (Wildman–Crippen LogP) is 5.14. The molecule has 29 heavy (non-hydrogen) atoms. The zero-order valence-corrected chi connectivity index (χ0v) is 17.4. The van der Waals surface area contributed by atoms with Crippen LogP contribution in [0.2, 0.25) is 0 Å². The summed E-state index contributed by atoms with van der Waals surface area (Å²) >= 11 is 1.48. The van der Waals surface area contributed by atoms with Crippen LogP contribution in [0.1, 0.15) is 29.2 Å². The Morgan fingerprint density at radius 3 is 2.62 bits per heavy atom. The summed E-state index contributed by atoms with van der Waals surface area (Å²) in [6.07, 6.45) is 0. The molecule has 2 aromatic carbocycles. The maximum Gasteiger partial charge on any atom is 0.240 e. The normalized spacial score (nSPS) is 12.3. The van der Waals surface area contributed by atoms with Gasteiger partial charge in [0, 0.05) is 18.2 Å². The fourth-order valence-electron chi connectivity index (χ4n) is 2.93. The summed E-state index contributed by atoms with van der Waals surface area (Å²) in [7, 11) is 1.94. The van der Waals surface area contributed by atoms with E-state index in [9.17, 15) is 4.39 Å². The van der Waals surface area contributed by atoms with Crippen molar-refractivity contribution in [2.45, 2.75) is 31.2 Å². The van der Waals surface area contributed by atoms with E-state index in [2.05, 4.69) is 20.3 Å². The van der Waals surface area contributed by atoms with E-state index in [-0.39, 0.29) is 11.1 Å². The van der Waals surface area contributed by atoms with Gasteiger partial charge in [0.1, 0.15) is 5.82 Å². The molecule has 4 rings (SSSR count). The number of thioether (sulfide) groups is 1. The highest BCUT2D eigenvalue weighted by molar-refractivity contribution is 7.99. The van der Waals surface area contributed by atoms with Gasteiger partial charge in [0.2, 0.25) is 11.7 Å². The summed E-state index contributed by atoms with van der Waals surface area (Å²) in [5.41, 5.74) is 3.34. The van der Waals surface area contributed by atoms with Crippen LogP contribution in [0.4, 0.5) is 4.39 Å². The maximum atomic E-state index is 13.8. The van der Waals surface area contributed by atoms with Crippen molar-refractivity contribution in [3.8, 4) is 22.8 Å². The van der Waals surface area contributed by atoms with Crippen molar-refractivity contribution in [3.63, 3.8) is 0 Å². The summed E-state index contributed by atoms with van der Waals surface area (Å²) in [4.78, 5) is 4.43. The highest BCUT2D eigenvalue weighted by Gasteiger charge is 2.21. The van der Waals surface area contributed by atoms with Crippen LogP contribution in [-0.2, 0) is 7.05 Å². The van der Waals surface area contributed by atoms with Crippen LogP contribution in [0.15, 0.2) is 52.1 Å². The van der Waals surface area contributed by atoms with Crippen LogP contribution >= 0.6 is 11.8 Å². The second-order valence-electron chi connectivity index (χ2n) is 6.86. The molecule has 0 N–H and O–H groups in total. The highest BCUT2D eigenvalue weighted by Crippen LogP contribution is 2.35. The van der Waals surface area contributed by atoms with Gasteiger partial charge in [-0.25, -0.2) is 4.39 Å². The van der Waals surface area contributed by atoms with Gasteiger partial charge in [-0.3, -0.25) is 0 Å². The molecule has 6 nitrogen and oxygen atoms in total. The molecule has 2 aromatic heterocycles. The lowest BCUT2D eigenvalue weighted by molar-refractivity contribution is 0.380. The van der Waals surface area contributed by atoms with Crippen molar-refractivity contribution >= 4 is 11.8 Å². The van der Waals surface area contributed by atoms with Gasteiger partial charge in [0.15, 0.2) is 11.0 Å². The monoisotopic (exact) mass is 409 g/mol. The molecule has 2 heterocycles. The Labute approximate surface area is 172 Å². The minimum absolute atomic E-state index is 0.140. The second kappa shape index (κ2) is 7.79. The Balaban J connectivity index is 1.55. The number of halogens is 1. The second-order valence-corrected chi connectivity index (χ2v) is 8.17. The van der Waals surface area contributed by atoms with Gasteiger partial charge in [0.25, 0.3) is 0 Å². The first-order chi connectivity index (χ1) is 13.9. The molecule has 8 heteroatoms. The lowest BCUT2D eigenvalue weighted by Crippen LogP contribution is -1.98. The van der Waals surface area contributed by atoms with Gasteiger partial charge in [-0.1, -0.05) is 53.3 Å². The molecule has 1 unspecified atom stereocenters. The Bertz CT molecular complexity index is 1170. The van der Waals surface area contributed by atoms with E-state index in [4.69, 9.17) is 4.52 Å². The van der Waals surface area contributed by atoms with Crippen molar-refractivity contribution in [2.75, 3.05) is 0 Å². The van der Waals surface area contributed by atoms with Gasteiger partial charge < -0.3 is 9.09 Å². The molecule has 0 saturated heterocycles. The number of hydrogen-bond acceptors (Lipinski definition) is 6. The Morgan fingerprint density at radius 2 is 1.86 bits per heavy atom. The third-order valence-corrected chi connectivity index (χ3v) is 5.84. The summed E-state index contributed by atoms with van der Waals surface area (Å²) in [6, 6.07) is 13.0. The molecule has 0 saturated carbocycles. The van der Waals surface area contributed by atoms with Crippen molar-refractivity contribution in [1.82, 2.24) is 24.9 Å². The van der Waals surface area contributed by atoms with E-state index in [1.165, 1.54) is 17.8 Å². The van der Waals surface area contributed by atoms with Crippen LogP contribution in [0.3, 0.4) is 0 Å². The van der Waals surface area contributed by atoms with E-state index < -0.39 is 0 Å². The smallest absolute Gasteiger partial charge is 0.240 e. The largest absolute Gasteiger partial charge is 0.338 e. The van der Waals surface area contributed by atoms with Crippen LogP contribution in [0.25, 0.3) is 22.8 Å². The number of rotatable bonds is 5. The minimum atomic E-state index is -0.293. The number of hydrogen-bond donors (Lipinski definition) is 0. The SMILES string of the molecule is Cc1ccc(-c2noc(C(C)Sc3nnc(-c4ccccc4C)n3C)n2)cc1F. The van der Waals surface area contributed by atoms with Crippen LogP contribution < -0.4 is 0 Å². The van der Waals surface area contributed by atoms with Gasteiger partial charge in [-0.2, -0.15) is 4.98 Å². The summed E-state index contributed by atoms with van der Waals surface area (Å²) < 4.78 is 21.2. The molecule has 0 radical (unpaired) electrons. The van der Waals surface area contributed by atoms with Crippen molar-refractivity contribution in [1.29, 1.82) is 0 Å². The van der Waals surface area contributed by atoms with Crippen LogP contribution in [0, 0.1) is 19.7 Å². The van der Waals surface area contributed by atoms with Gasteiger partial charge in [-0.05, 0) is 38.0 Å². The van der Waals surface area contributed by atoms with E-state index in [1.54, 1.807) is 19.1 Å². The molecule has 4 aromatic rings. The third-order valence-electron chi connectivity index (χ3n) is 4.72. The third kappa shape index (κ3) is 3.80. The maximum absolute atomic E-state index is 13.8. The number of aryl methyl sites for hydroxylation is 2. The molecule has 0 aliphatic heterocycles. The van der Waals surface area contributed by atoms with Crippen LogP contribution in [-0.4, -0.2) is 24.9 Å². The first-order valence-corrected chi connectivity index (χ1v) is 10.0. The Hall–Kier alpha value is -3.00. The lowest BCUT2D eigenvalue weighted by atomic mass is 10.1. The molecular formula is C21H20FN5OS. The Morgan fingerprint density at radius 1 is 1.07 bits per heavy atom. The van der Waals surface area contributed by atoms with E-state index >= 15 is 0 Å². The molecule has 0 bridgehead atoms. The van der Waals surface area contributed by atoms with E-state index in [1.807, 2.05) is 49.7 Å². The molecule has 0 aliphatic rings. The highest BCUT2D eigenvalue weighted by atomic mass is 32.2. The average Bonchev–Trinajstić information content (AvgIpc) is 3.33. The summed E-state index contributed by atoms with van der Waals surface area (Å²) in [5, 5.41) is 13.3. The van der Waals surface area contributed by atoms with Gasteiger partial charge >= 0.3 is 0 Å². The molecule has 0 amide bonds. The molecule has 1 atom stereocenters.